The van der Waals surface area contributed by atoms with Crippen LogP contribution in [0.15, 0.2) is 66.8 Å². The normalized spacial score (nSPS) is 19.9. The van der Waals surface area contributed by atoms with Crippen molar-refractivity contribution in [1.82, 2.24) is 9.80 Å². The summed E-state index contributed by atoms with van der Waals surface area (Å²) in [6.07, 6.45) is 2.34. The van der Waals surface area contributed by atoms with E-state index in [0.29, 0.717) is 55.4 Å². The Kier molecular flexibility index (Phi) is 8.40. The van der Waals surface area contributed by atoms with E-state index in [1.807, 2.05) is 12.1 Å². The lowest BCUT2D eigenvalue weighted by atomic mass is 9.95. The number of aliphatic hydroxyl groups is 1. The Bertz CT molecular complexity index is 1120. The highest BCUT2D eigenvalue weighted by molar-refractivity contribution is 6.46. The first kappa shape index (κ1) is 25.5. The summed E-state index contributed by atoms with van der Waals surface area (Å²) < 4.78 is 16.3. The van der Waals surface area contributed by atoms with E-state index in [0.717, 1.165) is 19.6 Å². The van der Waals surface area contributed by atoms with E-state index in [1.165, 1.54) is 0 Å². The molecule has 0 radical (unpaired) electrons. The zero-order valence-corrected chi connectivity index (χ0v) is 20.5. The Morgan fingerprint density at radius 2 is 1.86 bits per heavy atom. The molecule has 0 saturated carbocycles. The second-order valence-electron chi connectivity index (χ2n) is 8.70. The molecule has 0 aliphatic carbocycles. The minimum atomic E-state index is -0.732. The SMILES string of the molecule is C=CCOc1cccc([C@H]2/C(=C(\O)c3ccc(OC)cc3)C(=O)C(=O)N2CCCN2CCOCC2)c1. The van der Waals surface area contributed by atoms with Gasteiger partial charge in [0.15, 0.2) is 0 Å². The van der Waals surface area contributed by atoms with Gasteiger partial charge in [-0.25, -0.2) is 0 Å². The van der Waals surface area contributed by atoms with E-state index in [2.05, 4.69) is 11.5 Å². The van der Waals surface area contributed by atoms with Crippen LogP contribution in [-0.4, -0.2) is 79.7 Å². The summed E-state index contributed by atoms with van der Waals surface area (Å²) in [5.41, 5.74) is 1.20. The number of morpholine rings is 1. The largest absolute Gasteiger partial charge is 0.507 e. The van der Waals surface area contributed by atoms with Crippen LogP contribution in [0.2, 0.25) is 0 Å². The fraction of sp³-hybridized carbons (Fsp3) is 0.357. The third-order valence-electron chi connectivity index (χ3n) is 6.42. The number of rotatable bonds is 10. The molecule has 8 heteroatoms. The summed E-state index contributed by atoms with van der Waals surface area (Å²) in [5.74, 6) is -0.310. The Balaban J connectivity index is 1.68. The Labute approximate surface area is 211 Å². The molecule has 2 aromatic carbocycles. The number of carbonyl (C=O) groups excluding carboxylic acids is 2. The van der Waals surface area contributed by atoms with Crippen LogP contribution in [0.5, 0.6) is 11.5 Å². The number of methoxy groups -OCH3 is 1. The standard InChI is InChI=1S/C28H32N2O6/c1-3-16-36-23-7-4-6-21(19-23)25-24(26(31)20-8-10-22(34-2)11-9-20)27(32)28(33)30(25)13-5-12-29-14-17-35-18-15-29/h3-4,6-11,19,25,31H,1,5,12-18H2,2H3/b26-24+/t25-/m0/s1. The number of carbonyl (C=O) groups is 2. The molecule has 4 rings (SSSR count). The maximum atomic E-state index is 13.3. The van der Waals surface area contributed by atoms with Gasteiger partial charge < -0.3 is 24.2 Å². The predicted molar refractivity (Wildman–Crippen MR) is 136 cm³/mol. The lowest BCUT2D eigenvalue weighted by molar-refractivity contribution is -0.140. The van der Waals surface area contributed by atoms with Gasteiger partial charge in [-0.3, -0.25) is 14.5 Å². The number of hydrogen-bond acceptors (Lipinski definition) is 7. The topological polar surface area (TPSA) is 88.5 Å². The van der Waals surface area contributed by atoms with Gasteiger partial charge in [0, 0.05) is 31.7 Å². The first-order valence-electron chi connectivity index (χ1n) is 12.1. The van der Waals surface area contributed by atoms with E-state index in [-0.39, 0.29) is 11.3 Å². The van der Waals surface area contributed by atoms with E-state index < -0.39 is 17.7 Å². The van der Waals surface area contributed by atoms with Gasteiger partial charge in [0.25, 0.3) is 11.7 Å². The number of hydrogen-bond donors (Lipinski definition) is 1. The number of benzene rings is 2. The van der Waals surface area contributed by atoms with Crippen molar-refractivity contribution >= 4 is 17.4 Å². The van der Waals surface area contributed by atoms with Gasteiger partial charge in [-0.1, -0.05) is 24.8 Å². The first-order valence-corrected chi connectivity index (χ1v) is 12.1. The zero-order valence-electron chi connectivity index (χ0n) is 20.5. The molecule has 1 atom stereocenters. The summed E-state index contributed by atoms with van der Waals surface area (Å²) >= 11 is 0. The summed E-state index contributed by atoms with van der Waals surface area (Å²) in [6.45, 7) is 8.27. The van der Waals surface area contributed by atoms with Crippen molar-refractivity contribution in [2.75, 3.05) is 53.1 Å². The van der Waals surface area contributed by atoms with Gasteiger partial charge in [-0.05, 0) is 48.4 Å². The molecule has 8 nitrogen and oxygen atoms in total. The Hall–Kier alpha value is -3.62. The summed E-state index contributed by atoms with van der Waals surface area (Å²) in [5, 5.41) is 11.2. The Morgan fingerprint density at radius 3 is 2.56 bits per heavy atom. The van der Waals surface area contributed by atoms with E-state index >= 15 is 0 Å². The van der Waals surface area contributed by atoms with Crippen molar-refractivity contribution in [2.24, 2.45) is 0 Å². The van der Waals surface area contributed by atoms with Crippen LogP contribution >= 0.6 is 0 Å². The van der Waals surface area contributed by atoms with Crippen LogP contribution < -0.4 is 9.47 Å². The quantitative estimate of drug-likeness (QED) is 0.235. The molecular weight excluding hydrogens is 460 g/mol. The monoisotopic (exact) mass is 492 g/mol. The number of nitrogens with zero attached hydrogens (tertiary/aromatic N) is 2. The summed E-state index contributed by atoms with van der Waals surface area (Å²) in [7, 11) is 1.55. The van der Waals surface area contributed by atoms with E-state index in [4.69, 9.17) is 14.2 Å². The van der Waals surface area contributed by atoms with Gasteiger partial charge in [0.05, 0.1) is 31.9 Å². The number of ketones is 1. The van der Waals surface area contributed by atoms with Crippen molar-refractivity contribution in [1.29, 1.82) is 0 Å². The molecule has 190 valence electrons. The van der Waals surface area contributed by atoms with Gasteiger partial charge in [0.2, 0.25) is 0 Å². The molecule has 2 fully saturated rings. The molecule has 2 aliphatic rings. The minimum Gasteiger partial charge on any atom is -0.507 e. The second kappa shape index (κ2) is 11.9. The molecule has 0 spiro atoms. The number of Topliss-reactive ketones (excluding diaryl/α,β-unsaturated/α-hetero) is 1. The van der Waals surface area contributed by atoms with Gasteiger partial charge in [-0.2, -0.15) is 0 Å². The van der Waals surface area contributed by atoms with Gasteiger partial charge in [0.1, 0.15) is 23.9 Å². The third-order valence-corrected chi connectivity index (χ3v) is 6.42. The Morgan fingerprint density at radius 1 is 1.11 bits per heavy atom. The number of aliphatic hydroxyl groups excluding tert-OH is 1. The lowest BCUT2D eigenvalue weighted by Gasteiger charge is -2.29. The molecular formula is C28H32N2O6. The second-order valence-corrected chi connectivity index (χ2v) is 8.70. The van der Waals surface area contributed by atoms with E-state index in [9.17, 15) is 14.7 Å². The van der Waals surface area contributed by atoms with Gasteiger partial charge in [-0.15, -0.1) is 0 Å². The van der Waals surface area contributed by atoms with Crippen LogP contribution in [-0.2, 0) is 14.3 Å². The number of likely N-dealkylation sites (tertiary alicyclic amines) is 1. The summed E-state index contributed by atoms with van der Waals surface area (Å²) in [6, 6.07) is 13.3. The molecule has 1 N–H and O–H groups in total. The van der Waals surface area contributed by atoms with Crippen molar-refractivity contribution in [2.45, 2.75) is 12.5 Å². The van der Waals surface area contributed by atoms with Gasteiger partial charge >= 0.3 is 0 Å². The molecule has 0 aromatic heterocycles. The molecule has 0 unspecified atom stereocenters. The van der Waals surface area contributed by atoms with E-state index in [1.54, 1.807) is 54.5 Å². The van der Waals surface area contributed by atoms with Crippen LogP contribution in [0.4, 0.5) is 0 Å². The molecule has 2 heterocycles. The number of amides is 1. The maximum Gasteiger partial charge on any atom is 0.295 e. The molecule has 2 saturated heterocycles. The fourth-order valence-electron chi connectivity index (χ4n) is 4.58. The molecule has 1 amide bonds. The van der Waals surface area contributed by atoms with Crippen LogP contribution in [0.3, 0.4) is 0 Å². The zero-order chi connectivity index (χ0) is 25.5. The van der Waals surface area contributed by atoms with Crippen LogP contribution in [0.1, 0.15) is 23.6 Å². The smallest absolute Gasteiger partial charge is 0.295 e. The first-order chi connectivity index (χ1) is 17.5. The average molecular weight is 493 g/mol. The van der Waals surface area contributed by atoms with Crippen molar-refractivity contribution < 1.29 is 28.9 Å². The third kappa shape index (κ3) is 5.61. The molecule has 0 bridgehead atoms. The molecule has 2 aliphatic heterocycles. The fourth-order valence-corrected chi connectivity index (χ4v) is 4.58. The maximum absolute atomic E-state index is 13.3. The highest BCUT2D eigenvalue weighted by atomic mass is 16.5. The van der Waals surface area contributed by atoms with Crippen molar-refractivity contribution in [3.8, 4) is 11.5 Å². The lowest BCUT2D eigenvalue weighted by Crippen LogP contribution is -2.38. The average Bonchev–Trinajstić information content (AvgIpc) is 3.17. The van der Waals surface area contributed by atoms with Crippen LogP contribution in [0.25, 0.3) is 5.76 Å². The summed E-state index contributed by atoms with van der Waals surface area (Å²) in [4.78, 5) is 30.3. The number of ether oxygens (including phenoxy) is 3. The molecule has 36 heavy (non-hydrogen) atoms. The minimum absolute atomic E-state index is 0.0670. The predicted octanol–water partition coefficient (Wildman–Crippen LogP) is 3.40. The highest BCUT2D eigenvalue weighted by Crippen LogP contribution is 2.40. The van der Waals surface area contributed by atoms with Crippen LogP contribution in [0, 0.1) is 0 Å². The highest BCUT2D eigenvalue weighted by Gasteiger charge is 2.46. The molecule has 2 aromatic rings. The van der Waals surface area contributed by atoms with Crippen molar-refractivity contribution in [3.05, 3.63) is 77.9 Å². The van der Waals surface area contributed by atoms with Crippen molar-refractivity contribution in [3.63, 3.8) is 0 Å².